The molecule has 0 bridgehead atoms. The Hall–Kier alpha value is -1.53. The lowest BCUT2D eigenvalue weighted by molar-refractivity contribution is -0.0498. The van der Waals surface area contributed by atoms with Gasteiger partial charge in [0.1, 0.15) is 10.8 Å². The highest BCUT2D eigenvalue weighted by Gasteiger charge is 2.19. The molecule has 102 valence electrons. The van der Waals surface area contributed by atoms with Gasteiger partial charge in [0.2, 0.25) is 0 Å². The number of aromatic nitrogens is 1. The maximum Gasteiger partial charge on any atom is 0.387 e. The molecule has 0 unspecified atom stereocenters. The molecule has 0 fully saturated rings. The molecule has 0 atom stereocenters. The number of nitrogens with two attached hydrogens (primary N) is 1. The monoisotopic (exact) mass is 284 g/mol. The minimum atomic E-state index is -2.83. The molecular formula is C13H14F2N2OS. The molecule has 0 amide bonds. The zero-order valence-electron chi connectivity index (χ0n) is 10.6. The third-order valence-corrected chi connectivity index (χ3v) is 3.59. The molecule has 0 aliphatic carbocycles. The Bertz CT molecular complexity index is 564. The lowest BCUT2D eigenvalue weighted by Crippen LogP contribution is -2.28. The summed E-state index contributed by atoms with van der Waals surface area (Å²) in [4.78, 5) is 4.42. The average Bonchev–Trinajstić information content (AvgIpc) is 2.77. The van der Waals surface area contributed by atoms with E-state index < -0.39 is 12.2 Å². The van der Waals surface area contributed by atoms with Crippen molar-refractivity contribution in [3.63, 3.8) is 0 Å². The van der Waals surface area contributed by atoms with Crippen molar-refractivity contribution < 1.29 is 13.5 Å². The van der Waals surface area contributed by atoms with E-state index >= 15 is 0 Å². The fraction of sp³-hybridized carbons (Fsp3) is 0.308. The molecule has 3 nitrogen and oxygen atoms in total. The maximum absolute atomic E-state index is 12.2. The van der Waals surface area contributed by atoms with E-state index in [9.17, 15) is 8.78 Å². The maximum atomic E-state index is 12.2. The van der Waals surface area contributed by atoms with Crippen LogP contribution in [0.5, 0.6) is 5.75 Å². The summed E-state index contributed by atoms with van der Waals surface area (Å²) < 4.78 is 28.7. The van der Waals surface area contributed by atoms with Crippen LogP contribution in [0.25, 0.3) is 11.3 Å². The summed E-state index contributed by atoms with van der Waals surface area (Å²) in [6.45, 7) is 0.905. The van der Waals surface area contributed by atoms with Crippen molar-refractivity contribution in [3.8, 4) is 17.0 Å². The fourth-order valence-electron chi connectivity index (χ4n) is 1.53. The predicted molar refractivity (Wildman–Crippen MR) is 71.4 cm³/mol. The number of hydrogen-bond acceptors (Lipinski definition) is 4. The van der Waals surface area contributed by atoms with Gasteiger partial charge >= 0.3 is 6.61 Å². The van der Waals surface area contributed by atoms with Crippen molar-refractivity contribution in [1.82, 2.24) is 4.98 Å². The Morgan fingerprint density at radius 2 is 2.11 bits per heavy atom. The Morgan fingerprint density at radius 1 is 1.37 bits per heavy atom. The number of hydrogen-bond donors (Lipinski definition) is 1. The summed E-state index contributed by atoms with van der Waals surface area (Å²) in [5, 5.41) is 2.65. The number of ether oxygens (including phenoxy) is 1. The standard InChI is InChI=1S/C13H14F2N2OS/c1-13(2,16)11-17-10(7-19-11)8-4-3-5-9(6-8)18-12(14)15/h3-7,12H,16H2,1-2H3. The first-order valence-electron chi connectivity index (χ1n) is 5.66. The molecule has 0 radical (unpaired) electrons. The Balaban J connectivity index is 2.29. The second-order valence-electron chi connectivity index (χ2n) is 4.67. The van der Waals surface area contributed by atoms with Crippen LogP contribution < -0.4 is 10.5 Å². The lowest BCUT2D eigenvalue weighted by atomic mass is 10.1. The normalized spacial score (nSPS) is 11.9. The van der Waals surface area contributed by atoms with Crippen molar-refractivity contribution >= 4 is 11.3 Å². The topological polar surface area (TPSA) is 48.1 Å². The molecule has 1 aromatic carbocycles. The van der Waals surface area contributed by atoms with Gasteiger partial charge in [-0.15, -0.1) is 11.3 Å². The van der Waals surface area contributed by atoms with Crippen molar-refractivity contribution in [3.05, 3.63) is 34.7 Å². The second kappa shape index (κ2) is 5.22. The highest BCUT2D eigenvalue weighted by molar-refractivity contribution is 7.10. The first-order chi connectivity index (χ1) is 8.86. The van der Waals surface area contributed by atoms with Crippen LogP contribution in [-0.4, -0.2) is 11.6 Å². The van der Waals surface area contributed by atoms with Gasteiger partial charge in [0.25, 0.3) is 0 Å². The Morgan fingerprint density at radius 3 is 2.68 bits per heavy atom. The summed E-state index contributed by atoms with van der Waals surface area (Å²) in [5.41, 5.74) is 6.89. The van der Waals surface area contributed by atoms with Crippen molar-refractivity contribution in [1.29, 1.82) is 0 Å². The summed E-state index contributed by atoms with van der Waals surface area (Å²) in [6.07, 6.45) is 0. The van der Waals surface area contributed by atoms with Crippen LogP contribution in [0.3, 0.4) is 0 Å². The Kier molecular flexibility index (Phi) is 3.82. The van der Waals surface area contributed by atoms with Crippen LogP contribution in [0.15, 0.2) is 29.6 Å². The smallest absolute Gasteiger partial charge is 0.387 e. The van der Waals surface area contributed by atoms with Crippen LogP contribution in [0.4, 0.5) is 8.78 Å². The molecule has 0 aliphatic rings. The second-order valence-corrected chi connectivity index (χ2v) is 5.52. The van der Waals surface area contributed by atoms with E-state index in [2.05, 4.69) is 9.72 Å². The van der Waals surface area contributed by atoms with Crippen LogP contribution in [0.1, 0.15) is 18.9 Å². The summed E-state index contributed by atoms with van der Waals surface area (Å²) in [7, 11) is 0. The molecule has 0 saturated heterocycles. The van der Waals surface area contributed by atoms with Gasteiger partial charge in [-0.1, -0.05) is 12.1 Å². The van der Waals surface area contributed by atoms with Gasteiger partial charge < -0.3 is 10.5 Å². The minimum absolute atomic E-state index is 0.119. The highest BCUT2D eigenvalue weighted by Crippen LogP contribution is 2.29. The molecule has 1 aromatic heterocycles. The quantitative estimate of drug-likeness (QED) is 0.933. The third kappa shape index (κ3) is 3.48. The molecule has 2 aromatic rings. The first-order valence-corrected chi connectivity index (χ1v) is 6.54. The van der Waals surface area contributed by atoms with Crippen LogP contribution in [0, 0.1) is 0 Å². The van der Waals surface area contributed by atoms with Gasteiger partial charge in [0.15, 0.2) is 0 Å². The summed E-state index contributed by atoms with van der Waals surface area (Å²) >= 11 is 1.45. The first kappa shape index (κ1) is 13.9. The summed E-state index contributed by atoms with van der Waals surface area (Å²) in [5.74, 6) is 0.119. The molecular weight excluding hydrogens is 270 g/mol. The molecule has 1 heterocycles. The SMILES string of the molecule is CC(C)(N)c1nc(-c2cccc(OC(F)F)c2)cs1. The van der Waals surface area contributed by atoms with Gasteiger partial charge in [-0.2, -0.15) is 8.78 Å². The molecule has 0 spiro atoms. The van der Waals surface area contributed by atoms with Gasteiger partial charge in [0.05, 0.1) is 11.2 Å². The molecule has 6 heteroatoms. The molecule has 19 heavy (non-hydrogen) atoms. The van der Waals surface area contributed by atoms with Crippen LogP contribution in [0.2, 0.25) is 0 Å². The van der Waals surface area contributed by atoms with E-state index in [0.717, 1.165) is 10.6 Å². The molecule has 0 saturated carbocycles. The zero-order valence-corrected chi connectivity index (χ0v) is 11.4. The van der Waals surface area contributed by atoms with E-state index in [4.69, 9.17) is 5.73 Å². The number of thiazole rings is 1. The van der Waals surface area contributed by atoms with Crippen molar-refractivity contribution in [2.24, 2.45) is 5.73 Å². The van der Waals surface area contributed by atoms with Gasteiger partial charge in [-0.25, -0.2) is 4.98 Å². The summed E-state index contributed by atoms with van der Waals surface area (Å²) in [6, 6.07) is 6.46. The van der Waals surface area contributed by atoms with Crippen LogP contribution in [-0.2, 0) is 5.54 Å². The largest absolute Gasteiger partial charge is 0.435 e. The van der Waals surface area contributed by atoms with E-state index in [1.165, 1.54) is 23.5 Å². The number of alkyl halides is 2. The van der Waals surface area contributed by atoms with E-state index in [0.29, 0.717) is 5.69 Å². The number of halogens is 2. The van der Waals surface area contributed by atoms with E-state index in [1.807, 2.05) is 19.2 Å². The van der Waals surface area contributed by atoms with Gasteiger partial charge in [0, 0.05) is 10.9 Å². The van der Waals surface area contributed by atoms with Crippen molar-refractivity contribution in [2.75, 3.05) is 0 Å². The highest BCUT2D eigenvalue weighted by atomic mass is 32.1. The molecule has 2 rings (SSSR count). The molecule has 0 aliphatic heterocycles. The number of rotatable bonds is 4. The van der Waals surface area contributed by atoms with E-state index in [-0.39, 0.29) is 5.75 Å². The van der Waals surface area contributed by atoms with Crippen molar-refractivity contribution in [2.45, 2.75) is 26.0 Å². The lowest BCUT2D eigenvalue weighted by Gasteiger charge is -2.13. The fourth-order valence-corrected chi connectivity index (χ4v) is 2.40. The van der Waals surface area contributed by atoms with Gasteiger partial charge in [-0.3, -0.25) is 0 Å². The average molecular weight is 284 g/mol. The third-order valence-electron chi connectivity index (χ3n) is 2.41. The van der Waals surface area contributed by atoms with Crippen LogP contribution >= 0.6 is 11.3 Å². The number of benzene rings is 1. The zero-order chi connectivity index (χ0) is 14.0. The molecule has 2 N–H and O–H groups in total. The predicted octanol–water partition coefficient (Wildman–Crippen LogP) is 3.61. The Labute approximate surface area is 114 Å². The number of nitrogens with zero attached hydrogens (tertiary/aromatic N) is 1. The van der Waals surface area contributed by atoms with E-state index in [1.54, 1.807) is 12.1 Å². The minimum Gasteiger partial charge on any atom is -0.435 e. The van der Waals surface area contributed by atoms with Gasteiger partial charge in [-0.05, 0) is 26.0 Å².